The van der Waals surface area contributed by atoms with Gasteiger partial charge in [-0.05, 0) is 18.6 Å². The third kappa shape index (κ3) is 1.53. The fraction of sp³-hybridized carbons (Fsp3) is 0.500. The molecule has 2 aliphatic heterocycles. The highest BCUT2D eigenvalue weighted by Crippen LogP contribution is 2.09. The van der Waals surface area contributed by atoms with Crippen molar-refractivity contribution in [2.45, 2.75) is 6.42 Å². The van der Waals surface area contributed by atoms with E-state index in [9.17, 15) is 0 Å². The molecule has 0 aromatic heterocycles. The molecule has 0 aliphatic carbocycles. The number of ether oxygens (including phenoxy) is 1. The van der Waals surface area contributed by atoms with Gasteiger partial charge in [0.25, 0.3) is 0 Å². The molecule has 0 aromatic carbocycles. The van der Waals surface area contributed by atoms with E-state index in [2.05, 4.69) is 10.4 Å². The maximum atomic E-state index is 5.30. The lowest BCUT2D eigenvalue weighted by atomic mass is 10.3. The summed E-state index contributed by atoms with van der Waals surface area (Å²) in [5.74, 6) is 0.970. The van der Waals surface area contributed by atoms with E-state index in [4.69, 9.17) is 9.57 Å². The summed E-state index contributed by atoms with van der Waals surface area (Å²) >= 11 is 0. The van der Waals surface area contributed by atoms with E-state index in [-0.39, 0.29) is 0 Å². The van der Waals surface area contributed by atoms with Gasteiger partial charge in [0.15, 0.2) is 0 Å². The first-order chi connectivity index (χ1) is 5.97. The second-order valence-corrected chi connectivity index (χ2v) is 2.75. The van der Waals surface area contributed by atoms with E-state index in [0.29, 0.717) is 6.73 Å². The molecule has 4 heteroatoms. The van der Waals surface area contributed by atoms with Crippen LogP contribution in [0, 0.1) is 0 Å². The predicted molar refractivity (Wildman–Crippen MR) is 43.6 cm³/mol. The van der Waals surface area contributed by atoms with Crippen LogP contribution >= 0.6 is 0 Å². The Bertz CT molecular complexity index is 207. The fourth-order valence-corrected chi connectivity index (χ4v) is 1.25. The second kappa shape index (κ2) is 3.49. The summed E-state index contributed by atoms with van der Waals surface area (Å²) in [5.41, 5.74) is 2.81. The van der Waals surface area contributed by atoms with E-state index < -0.39 is 0 Å². The SMILES string of the molecule is C1=CONC(N2CCCOC2)=C1. The number of rotatable bonds is 1. The molecule has 1 saturated heterocycles. The second-order valence-electron chi connectivity index (χ2n) is 2.75. The molecular weight excluding hydrogens is 156 g/mol. The third-order valence-electron chi connectivity index (χ3n) is 1.87. The Hall–Kier alpha value is -1.16. The number of nitrogens with one attached hydrogen (secondary N) is 1. The van der Waals surface area contributed by atoms with E-state index in [1.165, 1.54) is 0 Å². The van der Waals surface area contributed by atoms with Crippen LogP contribution in [-0.4, -0.2) is 24.8 Å². The van der Waals surface area contributed by atoms with Gasteiger partial charge in [-0.1, -0.05) is 0 Å². The molecule has 2 aliphatic rings. The minimum atomic E-state index is 0.649. The molecule has 2 rings (SSSR count). The molecule has 0 atom stereocenters. The Morgan fingerprint density at radius 3 is 3.17 bits per heavy atom. The number of hydrogen-bond donors (Lipinski definition) is 1. The van der Waals surface area contributed by atoms with Crippen molar-refractivity contribution >= 4 is 0 Å². The standard InChI is InChI=1S/C8H12N2O2/c1-3-8(9-12-6-1)10-4-2-5-11-7-10/h1,3,6,9H,2,4-5,7H2. The normalized spacial score (nSPS) is 22.7. The van der Waals surface area contributed by atoms with Crippen molar-refractivity contribution < 1.29 is 9.57 Å². The molecule has 0 saturated carbocycles. The minimum Gasteiger partial charge on any atom is -0.389 e. The zero-order valence-electron chi connectivity index (χ0n) is 6.82. The first-order valence-electron chi connectivity index (χ1n) is 4.08. The van der Waals surface area contributed by atoms with E-state index in [1.54, 1.807) is 6.26 Å². The first kappa shape index (κ1) is 7.49. The van der Waals surface area contributed by atoms with Crippen LogP contribution in [0.3, 0.4) is 0 Å². The highest BCUT2D eigenvalue weighted by molar-refractivity contribution is 5.10. The van der Waals surface area contributed by atoms with Crippen molar-refractivity contribution in [1.82, 2.24) is 10.4 Å². The fourth-order valence-electron chi connectivity index (χ4n) is 1.25. The molecule has 66 valence electrons. The quantitative estimate of drug-likeness (QED) is 0.620. The molecule has 0 bridgehead atoms. The monoisotopic (exact) mass is 168 g/mol. The topological polar surface area (TPSA) is 33.7 Å². The van der Waals surface area contributed by atoms with Crippen LogP contribution in [-0.2, 0) is 9.57 Å². The van der Waals surface area contributed by atoms with Crippen molar-refractivity contribution in [3.05, 3.63) is 24.2 Å². The van der Waals surface area contributed by atoms with Crippen molar-refractivity contribution in [3.8, 4) is 0 Å². The van der Waals surface area contributed by atoms with Gasteiger partial charge in [-0.3, -0.25) is 0 Å². The van der Waals surface area contributed by atoms with Gasteiger partial charge in [-0.25, -0.2) is 5.48 Å². The summed E-state index contributed by atoms with van der Waals surface area (Å²) in [4.78, 5) is 7.04. The first-order valence-corrected chi connectivity index (χ1v) is 4.08. The predicted octanol–water partition coefficient (Wildman–Crippen LogP) is 0.556. The molecular formula is C8H12N2O2. The number of nitrogens with zero attached hydrogens (tertiary/aromatic N) is 1. The van der Waals surface area contributed by atoms with Gasteiger partial charge in [0.05, 0.1) is 6.61 Å². The molecule has 2 heterocycles. The molecule has 1 N–H and O–H groups in total. The van der Waals surface area contributed by atoms with Crippen LogP contribution in [0.25, 0.3) is 0 Å². The zero-order valence-corrected chi connectivity index (χ0v) is 6.82. The van der Waals surface area contributed by atoms with E-state index >= 15 is 0 Å². The molecule has 0 unspecified atom stereocenters. The summed E-state index contributed by atoms with van der Waals surface area (Å²) in [7, 11) is 0. The van der Waals surface area contributed by atoms with Gasteiger partial charge in [-0.2, -0.15) is 0 Å². The highest BCUT2D eigenvalue weighted by atomic mass is 16.6. The Balaban J connectivity index is 1.97. The van der Waals surface area contributed by atoms with Gasteiger partial charge in [0, 0.05) is 6.54 Å². The Morgan fingerprint density at radius 1 is 1.50 bits per heavy atom. The number of hydroxylamine groups is 1. The van der Waals surface area contributed by atoms with Crippen LogP contribution in [0.15, 0.2) is 24.2 Å². The maximum absolute atomic E-state index is 5.30. The average Bonchev–Trinajstić information content (AvgIpc) is 2.21. The average molecular weight is 168 g/mol. The van der Waals surface area contributed by atoms with Crippen LogP contribution < -0.4 is 5.48 Å². The smallest absolute Gasteiger partial charge is 0.138 e. The molecule has 0 aromatic rings. The Labute approximate surface area is 71.4 Å². The summed E-state index contributed by atoms with van der Waals surface area (Å²) in [6.45, 7) is 2.53. The zero-order chi connectivity index (χ0) is 8.23. The summed E-state index contributed by atoms with van der Waals surface area (Å²) < 4.78 is 5.30. The lowest BCUT2D eigenvalue weighted by Gasteiger charge is -2.31. The molecule has 0 spiro atoms. The van der Waals surface area contributed by atoms with Crippen LogP contribution in [0.4, 0.5) is 0 Å². The van der Waals surface area contributed by atoms with E-state index in [1.807, 2.05) is 12.2 Å². The molecule has 0 amide bonds. The Morgan fingerprint density at radius 2 is 2.50 bits per heavy atom. The van der Waals surface area contributed by atoms with Crippen molar-refractivity contribution in [1.29, 1.82) is 0 Å². The molecule has 1 fully saturated rings. The third-order valence-corrected chi connectivity index (χ3v) is 1.87. The van der Waals surface area contributed by atoms with Crippen LogP contribution in [0.5, 0.6) is 0 Å². The van der Waals surface area contributed by atoms with Crippen molar-refractivity contribution in [2.75, 3.05) is 19.9 Å². The van der Waals surface area contributed by atoms with Gasteiger partial charge in [-0.15, -0.1) is 0 Å². The van der Waals surface area contributed by atoms with Gasteiger partial charge in [0.1, 0.15) is 18.8 Å². The van der Waals surface area contributed by atoms with Gasteiger partial charge < -0.3 is 14.5 Å². The molecule has 12 heavy (non-hydrogen) atoms. The largest absolute Gasteiger partial charge is 0.389 e. The summed E-state index contributed by atoms with van der Waals surface area (Å²) in [5, 5.41) is 0. The lowest BCUT2D eigenvalue weighted by Crippen LogP contribution is -2.38. The van der Waals surface area contributed by atoms with Crippen molar-refractivity contribution in [3.63, 3.8) is 0 Å². The molecule has 4 nitrogen and oxygen atoms in total. The Kier molecular flexibility index (Phi) is 2.18. The number of hydrogen-bond acceptors (Lipinski definition) is 4. The molecule has 0 radical (unpaired) electrons. The van der Waals surface area contributed by atoms with Crippen molar-refractivity contribution in [2.24, 2.45) is 0 Å². The van der Waals surface area contributed by atoms with Crippen LogP contribution in [0.1, 0.15) is 6.42 Å². The van der Waals surface area contributed by atoms with Gasteiger partial charge in [0.2, 0.25) is 0 Å². The van der Waals surface area contributed by atoms with E-state index in [0.717, 1.165) is 25.4 Å². The minimum absolute atomic E-state index is 0.649. The van der Waals surface area contributed by atoms with Crippen LogP contribution in [0.2, 0.25) is 0 Å². The number of allylic oxidation sites excluding steroid dienone is 2. The summed E-state index contributed by atoms with van der Waals surface area (Å²) in [6.07, 6.45) is 6.51. The highest BCUT2D eigenvalue weighted by Gasteiger charge is 2.13. The van der Waals surface area contributed by atoms with Gasteiger partial charge >= 0.3 is 0 Å². The summed E-state index contributed by atoms with van der Waals surface area (Å²) in [6, 6.07) is 0. The lowest BCUT2D eigenvalue weighted by molar-refractivity contribution is -0.0137. The maximum Gasteiger partial charge on any atom is 0.138 e.